The first-order valence-corrected chi connectivity index (χ1v) is 11.0. The lowest BCUT2D eigenvalue weighted by Gasteiger charge is -2.35. The first-order valence-electron chi connectivity index (χ1n) is 11.0. The predicted octanol–water partition coefficient (Wildman–Crippen LogP) is 3.52. The minimum Gasteiger partial charge on any atom is -0.340 e. The van der Waals surface area contributed by atoms with E-state index in [1.165, 1.54) is 31.2 Å². The molecule has 154 valence electrons. The van der Waals surface area contributed by atoms with Crippen molar-refractivity contribution in [1.29, 1.82) is 0 Å². The lowest BCUT2D eigenvalue weighted by molar-refractivity contribution is -0.134. The van der Waals surface area contributed by atoms with Crippen molar-refractivity contribution < 1.29 is 9.32 Å². The number of amides is 1. The number of aryl methyl sites for hydroxylation is 1. The molecule has 0 N–H and O–H groups in total. The number of rotatable bonds is 5. The van der Waals surface area contributed by atoms with Crippen molar-refractivity contribution in [3.8, 4) is 11.4 Å². The summed E-state index contributed by atoms with van der Waals surface area (Å²) in [5, 5.41) is 4.12. The Bertz CT molecular complexity index is 854. The molecule has 2 bridgehead atoms. The number of carbonyl (C=O) groups is 1. The number of fused-ring (bicyclic) bond motifs is 2. The Labute approximate surface area is 172 Å². The molecule has 6 nitrogen and oxygen atoms in total. The molecule has 1 aromatic heterocycles. The molecule has 2 saturated carbocycles. The van der Waals surface area contributed by atoms with Gasteiger partial charge in [0, 0.05) is 38.2 Å². The highest BCUT2D eigenvalue weighted by Crippen LogP contribution is 2.49. The summed E-state index contributed by atoms with van der Waals surface area (Å²) in [6.45, 7) is 6.05. The van der Waals surface area contributed by atoms with E-state index < -0.39 is 0 Å². The Hall–Kier alpha value is -2.21. The van der Waals surface area contributed by atoms with Crippen molar-refractivity contribution in [3.05, 3.63) is 35.7 Å². The Morgan fingerprint density at radius 1 is 1.10 bits per heavy atom. The van der Waals surface area contributed by atoms with E-state index in [2.05, 4.69) is 39.0 Å². The van der Waals surface area contributed by atoms with E-state index in [1.807, 2.05) is 12.1 Å². The molecule has 3 atom stereocenters. The van der Waals surface area contributed by atoms with Gasteiger partial charge in [0.1, 0.15) is 0 Å². The fourth-order valence-corrected chi connectivity index (χ4v) is 5.47. The summed E-state index contributed by atoms with van der Waals surface area (Å²) in [4.78, 5) is 21.7. The minimum atomic E-state index is 0.363. The summed E-state index contributed by atoms with van der Waals surface area (Å²) >= 11 is 0. The van der Waals surface area contributed by atoms with Gasteiger partial charge in [-0.25, -0.2) is 0 Å². The molecule has 0 spiro atoms. The zero-order valence-corrected chi connectivity index (χ0v) is 17.2. The first kappa shape index (κ1) is 18.8. The average Bonchev–Trinajstić information content (AvgIpc) is 3.46. The van der Waals surface area contributed by atoms with Gasteiger partial charge in [-0.3, -0.25) is 9.69 Å². The summed E-state index contributed by atoms with van der Waals surface area (Å²) in [6.07, 6.45) is 6.18. The molecule has 1 aliphatic heterocycles. The van der Waals surface area contributed by atoms with Crippen LogP contribution in [0, 0.1) is 24.7 Å². The molecule has 3 fully saturated rings. The van der Waals surface area contributed by atoms with Crippen LogP contribution in [-0.4, -0.2) is 52.0 Å². The molecule has 2 aliphatic carbocycles. The van der Waals surface area contributed by atoms with E-state index in [9.17, 15) is 4.79 Å². The largest absolute Gasteiger partial charge is 0.340 e. The number of piperazine rings is 1. The van der Waals surface area contributed by atoms with Crippen LogP contribution in [0.5, 0.6) is 0 Å². The van der Waals surface area contributed by atoms with Gasteiger partial charge in [-0.05, 0) is 43.9 Å². The minimum absolute atomic E-state index is 0.363. The van der Waals surface area contributed by atoms with E-state index in [0.717, 1.165) is 50.0 Å². The molecular formula is C23H30N4O2. The molecule has 3 aliphatic rings. The maximum absolute atomic E-state index is 12.7. The Morgan fingerprint density at radius 3 is 2.59 bits per heavy atom. The first-order chi connectivity index (χ1) is 14.1. The molecule has 6 heteroatoms. The quantitative estimate of drug-likeness (QED) is 0.776. The van der Waals surface area contributed by atoms with Crippen LogP contribution in [0.3, 0.4) is 0 Å². The van der Waals surface area contributed by atoms with Crippen LogP contribution in [0.1, 0.15) is 43.6 Å². The van der Waals surface area contributed by atoms with Gasteiger partial charge in [-0.2, -0.15) is 4.98 Å². The highest BCUT2D eigenvalue weighted by atomic mass is 16.5. The zero-order chi connectivity index (χ0) is 19.8. The second kappa shape index (κ2) is 7.90. The van der Waals surface area contributed by atoms with Gasteiger partial charge in [0.05, 0.1) is 6.54 Å². The van der Waals surface area contributed by atoms with Gasteiger partial charge >= 0.3 is 0 Å². The second-order valence-electron chi connectivity index (χ2n) is 9.17. The maximum atomic E-state index is 12.7. The molecule has 1 saturated heterocycles. The van der Waals surface area contributed by atoms with Crippen LogP contribution >= 0.6 is 0 Å². The molecule has 1 aromatic carbocycles. The summed E-state index contributed by atoms with van der Waals surface area (Å²) in [7, 11) is 0. The molecule has 3 unspecified atom stereocenters. The molecule has 0 radical (unpaired) electrons. The van der Waals surface area contributed by atoms with Crippen LogP contribution in [0.25, 0.3) is 11.4 Å². The molecule has 1 amide bonds. The third-order valence-corrected chi connectivity index (χ3v) is 7.18. The number of hydrogen-bond acceptors (Lipinski definition) is 5. The lowest BCUT2D eigenvalue weighted by atomic mass is 9.86. The number of aromatic nitrogens is 2. The monoisotopic (exact) mass is 394 g/mol. The highest BCUT2D eigenvalue weighted by molar-refractivity contribution is 5.76. The number of benzene rings is 1. The van der Waals surface area contributed by atoms with Crippen LogP contribution in [-0.2, 0) is 11.3 Å². The maximum Gasteiger partial charge on any atom is 0.241 e. The van der Waals surface area contributed by atoms with Gasteiger partial charge < -0.3 is 9.42 Å². The standard InChI is InChI=1S/C23H30N4O2/c1-16-2-5-18(6-3-16)23-24-21(29-25-23)15-26-8-10-27(11-9-26)22(28)14-20-13-17-4-7-19(20)12-17/h2-3,5-6,17,19-20H,4,7-15H2,1H3. The summed E-state index contributed by atoms with van der Waals surface area (Å²) in [5.41, 5.74) is 2.19. The van der Waals surface area contributed by atoms with Gasteiger partial charge in [-0.15, -0.1) is 0 Å². The molecule has 29 heavy (non-hydrogen) atoms. The van der Waals surface area contributed by atoms with Crippen molar-refractivity contribution in [2.24, 2.45) is 17.8 Å². The smallest absolute Gasteiger partial charge is 0.241 e. The van der Waals surface area contributed by atoms with Crippen LogP contribution < -0.4 is 0 Å². The second-order valence-corrected chi connectivity index (χ2v) is 9.17. The highest BCUT2D eigenvalue weighted by Gasteiger charge is 2.40. The van der Waals surface area contributed by atoms with Gasteiger partial charge in [0.15, 0.2) is 0 Å². The number of nitrogens with zero attached hydrogens (tertiary/aromatic N) is 4. The lowest BCUT2D eigenvalue weighted by Crippen LogP contribution is -2.48. The third-order valence-electron chi connectivity index (χ3n) is 7.18. The number of carbonyl (C=O) groups excluding carboxylic acids is 1. The average molecular weight is 395 g/mol. The zero-order valence-electron chi connectivity index (χ0n) is 17.2. The fourth-order valence-electron chi connectivity index (χ4n) is 5.47. The molecular weight excluding hydrogens is 364 g/mol. The van der Waals surface area contributed by atoms with E-state index in [1.54, 1.807) is 0 Å². The van der Waals surface area contributed by atoms with Gasteiger partial charge in [0.2, 0.25) is 17.6 Å². The van der Waals surface area contributed by atoms with Gasteiger partial charge in [-0.1, -0.05) is 41.4 Å². The molecule has 5 rings (SSSR count). The summed E-state index contributed by atoms with van der Waals surface area (Å²) in [6, 6.07) is 8.14. The molecule has 2 heterocycles. The van der Waals surface area contributed by atoms with E-state index in [0.29, 0.717) is 30.1 Å². The summed E-state index contributed by atoms with van der Waals surface area (Å²) in [5.74, 6) is 4.03. The van der Waals surface area contributed by atoms with Crippen molar-refractivity contribution in [1.82, 2.24) is 19.9 Å². The Morgan fingerprint density at radius 2 is 1.90 bits per heavy atom. The van der Waals surface area contributed by atoms with Gasteiger partial charge in [0.25, 0.3) is 0 Å². The van der Waals surface area contributed by atoms with Crippen LogP contribution in [0.15, 0.2) is 28.8 Å². The summed E-state index contributed by atoms with van der Waals surface area (Å²) < 4.78 is 5.46. The number of hydrogen-bond donors (Lipinski definition) is 0. The topological polar surface area (TPSA) is 62.5 Å². The van der Waals surface area contributed by atoms with Crippen molar-refractivity contribution in [2.45, 2.75) is 45.6 Å². The van der Waals surface area contributed by atoms with E-state index >= 15 is 0 Å². The van der Waals surface area contributed by atoms with Crippen molar-refractivity contribution in [2.75, 3.05) is 26.2 Å². The van der Waals surface area contributed by atoms with E-state index in [-0.39, 0.29) is 0 Å². The predicted molar refractivity (Wildman–Crippen MR) is 110 cm³/mol. The Balaban J connectivity index is 1.11. The van der Waals surface area contributed by atoms with E-state index in [4.69, 9.17) is 4.52 Å². The fraction of sp³-hybridized carbons (Fsp3) is 0.609. The van der Waals surface area contributed by atoms with Crippen molar-refractivity contribution >= 4 is 5.91 Å². The van der Waals surface area contributed by atoms with Crippen LogP contribution in [0.4, 0.5) is 0 Å². The Kier molecular flexibility index (Phi) is 5.12. The SMILES string of the molecule is Cc1ccc(-c2noc(CN3CCN(C(=O)CC4CC5CCC4C5)CC3)n2)cc1. The van der Waals surface area contributed by atoms with Crippen LogP contribution in [0.2, 0.25) is 0 Å². The third kappa shape index (κ3) is 4.08. The normalized spacial score (nSPS) is 26.9. The van der Waals surface area contributed by atoms with Crippen molar-refractivity contribution in [3.63, 3.8) is 0 Å². The molecule has 2 aromatic rings.